The van der Waals surface area contributed by atoms with Crippen LogP contribution in [0.5, 0.6) is 0 Å². The number of urea groups is 1. The molecule has 0 aliphatic heterocycles. The Labute approximate surface area is 131 Å². The first kappa shape index (κ1) is 18.4. The fourth-order valence-corrected chi connectivity index (χ4v) is 2.48. The van der Waals surface area contributed by atoms with Crippen molar-refractivity contribution in [3.8, 4) is 0 Å². The first-order chi connectivity index (χ1) is 10.2. The van der Waals surface area contributed by atoms with Crippen LogP contribution in [0.15, 0.2) is 6.07 Å². The average Bonchev–Trinajstić information content (AvgIpc) is 2.78. The zero-order valence-electron chi connectivity index (χ0n) is 13.8. The van der Waals surface area contributed by atoms with Gasteiger partial charge < -0.3 is 5.32 Å². The molecule has 0 saturated carbocycles. The van der Waals surface area contributed by atoms with Gasteiger partial charge in [0, 0.05) is 26.7 Å². The molecule has 9 heteroatoms. The number of carbonyl (C=O) groups excluding carboxylic acids is 1. The van der Waals surface area contributed by atoms with E-state index in [-0.39, 0.29) is 18.3 Å². The van der Waals surface area contributed by atoms with E-state index in [4.69, 9.17) is 0 Å². The quantitative estimate of drug-likeness (QED) is 0.784. The van der Waals surface area contributed by atoms with Gasteiger partial charge in [0.1, 0.15) is 5.82 Å². The van der Waals surface area contributed by atoms with Crippen LogP contribution in [0.4, 0.5) is 10.6 Å². The number of hydrogen-bond acceptors (Lipinski definition) is 4. The molecule has 1 rings (SSSR count). The molecule has 8 nitrogen and oxygen atoms in total. The molecule has 1 heterocycles. The maximum atomic E-state index is 11.9. The SMILES string of the molecule is CC[C@@H](C)n1nc(C)cc1NC(=O)NCCS(=O)(=O)N(C)C. The number of nitrogens with one attached hydrogen (secondary N) is 2. The monoisotopic (exact) mass is 331 g/mol. The smallest absolute Gasteiger partial charge is 0.320 e. The maximum absolute atomic E-state index is 11.9. The lowest BCUT2D eigenvalue weighted by molar-refractivity contribution is 0.252. The first-order valence-corrected chi connectivity index (χ1v) is 8.79. The molecule has 0 radical (unpaired) electrons. The van der Waals surface area contributed by atoms with Crippen molar-refractivity contribution >= 4 is 21.9 Å². The molecule has 0 aromatic carbocycles. The van der Waals surface area contributed by atoms with Crippen molar-refractivity contribution in [2.45, 2.75) is 33.2 Å². The molecule has 0 aliphatic carbocycles. The van der Waals surface area contributed by atoms with Gasteiger partial charge in [-0.05, 0) is 20.3 Å². The van der Waals surface area contributed by atoms with Crippen molar-refractivity contribution in [2.24, 2.45) is 0 Å². The highest BCUT2D eigenvalue weighted by atomic mass is 32.2. The van der Waals surface area contributed by atoms with Crippen LogP contribution in [-0.2, 0) is 10.0 Å². The largest absolute Gasteiger partial charge is 0.337 e. The molecule has 1 atom stereocenters. The van der Waals surface area contributed by atoms with Crippen LogP contribution in [0.3, 0.4) is 0 Å². The summed E-state index contributed by atoms with van der Waals surface area (Å²) in [4.78, 5) is 11.9. The van der Waals surface area contributed by atoms with Crippen molar-refractivity contribution in [3.05, 3.63) is 11.8 Å². The topological polar surface area (TPSA) is 96.3 Å². The van der Waals surface area contributed by atoms with E-state index in [1.807, 2.05) is 20.8 Å². The average molecular weight is 331 g/mol. The zero-order valence-corrected chi connectivity index (χ0v) is 14.6. The third-order valence-electron chi connectivity index (χ3n) is 3.31. The number of sulfonamides is 1. The van der Waals surface area contributed by atoms with Crippen LogP contribution >= 0.6 is 0 Å². The number of aromatic nitrogens is 2. The predicted octanol–water partition coefficient (Wildman–Crippen LogP) is 1.18. The van der Waals surface area contributed by atoms with E-state index in [1.54, 1.807) is 10.7 Å². The molecule has 0 spiro atoms. The van der Waals surface area contributed by atoms with Crippen molar-refractivity contribution in [2.75, 3.05) is 31.7 Å². The lowest BCUT2D eigenvalue weighted by Gasteiger charge is -2.15. The fourth-order valence-electron chi connectivity index (χ4n) is 1.76. The molecule has 0 saturated heterocycles. The van der Waals surface area contributed by atoms with Crippen LogP contribution in [-0.4, -0.2) is 54.9 Å². The second kappa shape index (κ2) is 7.59. The summed E-state index contributed by atoms with van der Waals surface area (Å²) in [7, 11) is -0.393. The summed E-state index contributed by atoms with van der Waals surface area (Å²) >= 11 is 0. The molecule has 0 fully saturated rings. The third-order valence-corrected chi connectivity index (χ3v) is 5.14. The van der Waals surface area contributed by atoms with Crippen molar-refractivity contribution in [1.29, 1.82) is 0 Å². The van der Waals surface area contributed by atoms with Crippen molar-refractivity contribution in [1.82, 2.24) is 19.4 Å². The van der Waals surface area contributed by atoms with E-state index < -0.39 is 16.1 Å². The van der Waals surface area contributed by atoms with Crippen LogP contribution in [0.2, 0.25) is 0 Å². The van der Waals surface area contributed by atoms with Gasteiger partial charge in [0.15, 0.2) is 0 Å². The Morgan fingerprint density at radius 1 is 1.45 bits per heavy atom. The molecular weight excluding hydrogens is 306 g/mol. The Kier molecular flexibility index (Phi) is 6.36. The highest BCUT2D eigenvalue weighted by molar-refractivity contribution is 7.89. The molecule has 1 aromatic rings. The number of aryl methyl sites for hydroxylation is 1. The molecular formula is C13H25N5O3S. The number of anilines is 1. The third kappa shape index (κ3) is 4.99. The van der Waals surface area contributed by atoms with Crippen molar-refractivity contribution < 1.29 is 13.2 Å². The van der Waals surface area contributed by atoms with Gasteiger partial charge in [-0.25, -0.2) is 22.2 Å². The van der Waals surface area contributed by atoms with Gasteiger partial charge in [-0.3, -0.25) is 5.32 Å². The van der Waals surface area contributed by atoms with Crippen LogP contribution in [0.25, 0.3) is 0 Å². The van der Waals surface area contributed by atoms with Crippen molar-refractivity contribution in [3.63, 3.8) is 0 Å². The number of hydrogen-bond donors (Lipinski definition) is 2. The van der Waals surface area contributed by atoms with Gasteiger partial charge in [-0.1, -0.05) is 6.92 Å². The first-order valence-electron chi connectivity index (χ1n) is 7.18. The second-order valence-electron chi connectivity index (χ2n) is 5.35. The van der Waals surface area contributed by atoms with Crippen LogP contribution < -0.4 is 10.6 Å². The Hall–Kier alpha value is -1.61. The van der Waals surface area contributed by atoms with Gasteiger partial charge in [0.25, 0.3) is 0 Å². The number of nitrogens with zero attached hydrogens (tertiary/aromatic N) is 3. The van der Waals surface area contributed by atoms with Gasteiger partial charge in [-0.15, -0.1) is 0 Å². The van der Waals surface area contributed by atoms with E-state index in [0.717, 1.165) is 16.4 Å². The Morgan fingerprint density at radius 3 is 2.64 bits per heavy atom. The summed E-state index contributed by atoms with van der Waals surface area (Å²) in [5, 5.41) is 9.59. The fraction of sp³-hybridized carbons (Fsp3) is 0.692. The van der Waals surface area contributed by atoms with Gasteiger partial charge in [-0.2, -0.15) is 5.10 Å². The van der Waals surface area contributed by atoms with Crippen LogP contribution in [0.1, 0.15) is 32.0 Å². The van der Waals surface area contributed by atoms with Gasteiger partial charge >= 0.3 is 6.03 Å². The molecule has 0 aliphatic rings. The normalized spacial score (nSPS) is 13.2. The Balaban J connectivity index is 2.60. The zero-order chi connectivity index (χ0) is 16.9. The summed E-state index contributed by atoms with van der Waals surface area (Å²) in [6.45, 7) is 5.95. The molecule has 126 valence electrons. The minimum atomic E-state index is -3.31. The molecule has 0 bridgehead atoms. The molecule has 22 heavy (non-hydrogen) atoms. The number of carbonyl (C=O) groups is 1. The number of amides is 2. The van der Waals surface area contributed by atoms with E-state index in [0.29, 0.717) is 5.82 Å². The Bertz CT molecular complexity index is 609. The minimum absolute atomic E-state index is 0.0444. The minimum Gasteiger partial charge on any atom is -0.337 e. The van der Waals surface area contributed by atoms with Crippen LogP contribution in [0, 0.1) is 6.92 Å². The Morgan fingerprint density at radius 2 is 2.09 bits per heavy atom. The summed E-state index contributed by atoms with van der Waals surface area (Å²) in [6, 6.07) is 1.50. The molecule has 1 aromatic heterocycles. The highest BCUT2D eigenvalue weighted by Gasteiger charge is 2.15. The van der Waals surface area contributed by atoms with Gasteiger partial charge in [0.05, 0.1) is 17.5 Å². The molecule has 0 unspecified atom stereocenters. The van der Waals surface area contributed by atoms with E-state index >= 15 is 0 Å². The summed E-state index contributed by atoms with van der Waals surface area (Å²) in [6.07, 6.45) is 0.887. The highest BCUT2D eigenvalue weighted by Crippen LogP contribution is 2.18. The maximum Gasteiger partial charge on any atom is 0.320 e. The van der Waals surface area contributed by atoms with E-state index in [9.17, 15) is 13.2 Å². The predicted molar refractivity (Wildman–Crippen MR) is 86.5 cm³/mol. The lowest BCUT2D eigenvalue weighted by Crippen LogP contribution is -2.36. The summed E-state index contributed by atoms with van der Waals surface area (Å²) < 4.78 is 26.1. The lowest BCUT2D eigenvalue weighted by atomic mass is 10.3. The summed E-state index contributed by atoms with van der Waals surface area (Å²) in [5.41, 5.74) is 0.811. The second-order valence-corrected chi connectivity index (χ2v) is 7.65. The molecule has 2 amide bonds. The van der Waals surface area contributed by atoms with E-state index in [1.165, 1.54) is 14.1 Å². The number of rotatable bonds is 7. The summed E-state index contributed by atoms with van der Waals surface area (Å²) in [5.74, 6) is 0.455. The molecule has 2 N–H and O–H groups in total. The standard InChI is InChI=1S/C13H25N5O3S/c1-6-11(3)18-12(9-10(2)16-18)15-13(19)14-7-8-22(20,21)17(4)5/h9,11H,6-8H2,1-5H3,(H2,14,15,19)/t11-/m1/s1. The van der Waals surface area contributed by atoms with Gasteiger partial charge in [0.2, 0.25) is 10.0 Å². The van der Waals surface area contributed by atoms with E-state index in [2.05, 4.69) is 15.7 Å².